The summed E-state index contributed by atoms with van der Waals surface area (Å²) < 4.78 is 13.8. The minimum Gasteiger partial charge on any atom is -0.370 e. The number of hydrogen-bond acceptors (Lipinski definition) is 4. The Balaban J connectivity index is 1.40. The number of halogens is 1. The minimum absolute atomic E-state index is 0.199. The number of hydrogen-bond donors (Lipinski definition) is 1. The summed E-state index contributed by atoms with van der Waals surface area (Å²) in [4.78, 5) is 20.9. The predicted molar refractivity (Wildman–Crippen MR) is 118 cm³/mol. The Morgan fingerprint density at radius 2 is 1.83 bits per heavy atom. The average molecular weight is 404 g/mol. The Labute approximate surface area is 176 Å². The minimum atomic E-state index is -0.523. The zero-order valence-electron chi connectivity index (χ0n) is 17.2. The first-order chi connectivity index (χ1) is 14.5. The molecule has 2 heterocycles. The average Bonchev–Trinajstić information content (AvgIpc) is 3.25. The van der Waals surface area contributed by atoms with Crippen molar-refractivity contribution >= 4 is 17.3 Å². The Kier molecular flexibility index (Phi) is 5.77. The predicted octanol–water partition coefficient (Wildman–Crippen LogP) is 4.28. The third-order valence-corrected chi connectivity index (χ3v) is 5.60. The van der Waals surface area contributed by atoms with Crippen molar-refractivity contribution in [1.82, 2.24) is 9.88 Å². The zero-order valence-corrected chi connectivity index (χ0v) is 17.2. The number of carbonyl (C=O) groups excluding carboxylic acids is 1. The van der Waals surface area contributed by atoms with Gasteiger partial charge in [-0.25, -0.2) is 4.98 Å². The van der Waals surface area contributed by atoms with Crippen LogP contribution in [0.2, 0.25) is 0 Å². The molecule has 3 aromatic rings. The number of rotatable bonds is 5. The van der Waals surface area contributed by atoms with Gasteiger partial charge in [0.2, 0.25) is 5.95 Å². The van der Waals surface area contributed by atoms with E-state index in [4.69, 9.17) is 0 Å². The second kappa shape index (κ2) is 8.63. The number of anilines is 2. The van der Waals surface area contributed by atoms with Gasteiger partial charge in [0.25, 0.3) is 5.91 Å². The van der Waals surface area contributed by atoms with E-state index in [9.17, 15) is 9.18 Å². The second-order valence-electron chi connectivity index (χ2n) is 7.77. The zero-order chi connectivity index (χ0) is 21.1. The molecule has 0 aliphatic carbocycles. The summed E-state index contributed by atoms with van der Waals surface area (Å²) in [5.41, 5.74) is 3.52. The summed E-state index contributed by atoms with van der Waals surface area (Å²) in [7, 11) is 4.24. The monoisotopic (exact) mass is 404 g/mol. The highest BCUT2D eigenvalue weighted by atomic mass is 19.1. The van der Waals surface area contributed by atoms with Crippen LogP contribution in [0.15, 0.2) is 66.9 Å². The molecule has 1 saturated heterocycles. The van der Waals surface area contributed by atoms with E-state index in [0.717, 1.165) is 25.2 Å². The number of amides is 1. The van der Waals surface area contributed by atoms with E-state index in [-0.39, 0.29) is 5.91 Å². The van der Waals surface area contributed by atoms with Crippen molar-refractivity contribution in [2.45, 2.75) is 12.5 Å². The fourth-order valence-electron chi connectivity index (χ4n) is 3.76. The summed E-state index contributed by atoms with van der Waals surface area (Å²) in [6, 6.07) is 18.7. The highest BCUT2D eigenvalue weighted by Crippen LogP contribution is 2.25. The molecule has 4 rings (SSSR count). The van der Waals surface area contributed by atoms with Crippen LogP contribution < -0.4 is 10.2 Å². The Hall–Kier alpha value is -3.25. The van der Waals surface area contributed by atoms with E-state index in [1.54, 1.807) is 36.4 Å². The SMILES string of the molecule is CN(C)C1CCN(c2ccc(NC(=O)c3ccc(-c4cccnc4F)cc3)cc2)C1. The molecule has 154 valence electrons. The number of pyridine rings is 1. The van der Waals surface area contributed by atoms with Gasteiger partial charge >= 0.3 is 0 Å². The number of nitrogens with zero attached hydrogens (tertiary/aromatic N) is 3. The van der Waals surface area contributed by atoms with Gasteiger partial charge in [-0.2, -0.15) is 4.39 Å². The van der Waals surface area contributed by atoms with Crippen LogP contribution in [0, 0.1) is 5.95 Å². The molecule has 1 atom stereocenters. The lowest BCUT2D eigenvalue weighted by atomic mass is 10.1. The fraction of sp³-hybridized carbons (Fsp3) is 0.250. The maximum Gasteiger partial charge on any atom is 0.255 e. The van der Waals surface area contributed by atoms with Gasteiger partial charge in [0.15, 0.2) is 0 Å². The quantitative estimate of drug-likeness (QED) is 0.645. The molecule has 1 unspecified atom stereocenters. The standard InChI is InChI=1S/C24H25FN4O/c1-28(2)21-13-15-29(16-21)20-11-9-19(10-12-20)27-24(30)18-7-5-17(6-8-18)22-4-3-14-26-23(22)25/h3-12,14,21H,13,15-16H2,1-2H3,(H,27,30). The summed E-state index contributed by atoms with van der Waals surface area (Å²) in [6.45, 7) is 2.06. The lowest BCUT2D eigenvalue weighted by molar-refractivity contribution is 0.102. The maximum absolute atomic E-state index is 13.8. The van der Waals surface area contributed by atoms with Gasteiger partial charge in [0.05, 0.1) is 0 Å². The topological polar surface area (TPSA) is 48.5 Å². The Morgan fingerprint density at radius 1 is 1.10 bits per heavy atom. The third-order valence-electron chi connectivity index (χ3n) is 5.60. The van der Waals surface area contributed by atoms with Gasteiger partial charge in [-0.3, -0.25) is 4.79 Å². The second-order valence-corrected chi connectivity index (χ2v) is 7.77. The summed E-state index contributed by atoms with van der Waals surface area (Å²) in [5.74, 6) is -0.723. The molecule has 1 N–H and O–H groups in total. The maximum atomic E-state index is 13.8. The number of aromatic nitrogens is 1. The summed E-state index contributed by atoms with van der Waals surface area (Å²) in [6.07, 6.45) is 2.57. The van der Waals surface area contributed by atoms with Crippen molar-refractivity contribution in [2.75, 3.05) is 37.4 Å². The largest absolute Gasteiger partial charge is 0.370 e. The van der Waals surface area contributed by atoms with Gasteiger partial charge in [0, 0.05) is 47.8 Å². The van der Waals surface area contributed by atoms with E-state index in [2.05, 4.69) is 34.2 Å². The molecule has 0 saturated carbocycles. The van der Waals surface area contributed by atoms with Crippen molar-refractivity contribution < 1.29 is 9.18 Å². The van der Waals surface area contributed by atoms with E-state index in [1.807, 2.05) is 24.3 Å². The van der Waals surface area contributed by atoms with Gasteiger partial charge in [-0.15, -0.1) is 0 Å². The van der Waals surface area contributed by atoms with Crippen molar-refractivity contribution in [3.05, 3.63) is 78.4 Å². The van der Waals surface area contributed by atoms with Crippen LogP contribution in [0.1, 0.15) is 16.8 Å². The van der Waals surface area contributed by atoms with Gasteiger partial charge < -0.3 is 15.1 Å². The van der Waals surface area contributed by atoms with Crippen molar-refractivity contribution in [1.29, 1.82) is 0 Å². The van der Waals surface area contributed by atoms with E-state index in [1.165, 1.54) is 11.9 Å². The molecule has 1 aromatic heterocycles. The van der Waals surface area contributed by atoms with E-state index >= 15 is 0 Å². The first-order valence-corrected chi connectivity index (χ1v) is 10.0. The van der Waals surface area contributed by atoms with Crippen LogP contribution in [0.25, 0.3) is 11.1 Å². The molecule has 1 fully saturated rings. The van der Waals surface area contributed by atoms with Crippen LogP contribution >= 0.6 is 0 Å². The molecule has 0 radical (unpaired) electrons. The summed E-state index contributed by atoms with van der Waals surface area (Å²) >= 11 is 0. The molecule has 0 bridgehead atoms. The molecule has 1 aliphatic rings. The smallest absolute Gasteiger partial charge is 0.255 e. The van der Waals surface area contributed by atoms with Gasteiger partial charge in [-0.1, -0.05) is 12.1 Å². The first kappa shape index (κ1) is 20.0. The van der Waals surface area contributed by atoms with Gasteiger partial charge in [0.1, 0.15) is 0 Å². The molecule has 30 heavy (non-hydrogen) atoms. The lowest BCUT2D eigenvalue weighted by Gasteiger charge is -2.22. The third kappa shape index (κ3) is 4.33. The number of benzene rings is 2. The fourth-order valence-corrected chi connectivity index (χ4v) is 3.76. The number of likely N-dealkylation sites (N-methyl/N-ethyl adjacent to an activating group) is 1. The Bertz CT molecular complexity index is 1020. The molecule has 1 aliphatic heterocycles. The van der Waals surface area contributed by atoms with Crippen LogP contribution in [0.5, 0.6) is 0 Å². The van der Waals surface area contributed by atoms with E-state index < -0.39 is 5.95 Å². The summed E-state index contributed by atoms with van der Waals surface area (Å²) in [5, 5.41) is 2.92. The van der Waals surface area contributed by atoms with E-state index in [0.29, 0.717) is 22.7 Å². The highest BCUT2D eigenvalue weighted by Gasteiger charge is 2.24. The molecular formula is C24H25FN4O. The van der Waals surface area contributed by atoms with Crippen LogP contribution in [-0.2, 0) is 0 Å². The molecular weight excluding hydrogens is 379 g/mol. The Morgan fingerprint density at radius 3 is 2.47 bits per heavy atom. The van der Waals surface area contributed by atoms with Crippen molar-refractivity contribution in [3.63, 3.8) is 0 Å². The molecule has 0 spiro atoms. The highest BCUT2D eigenvalue weighted by molar-refractivity contribution is 6.04. The number of carbonyl (C=O) groups is 1. The molecule has 6 heteroatoms. The van der Waals surface area contributed by atoms with Crippen molar-refractivity contribution in [2.24, 2.45) is 0 Å². The number of nitrogens with one attached hydrogen (secondary N) is 1. The van der Waals surface area contributed by atoms with Crippen LogP contribution in [0.3, 0.4) is 0 Å². The van der Waals surface area contributed by atoms with Crippen LogP contribution in [-0.4, -0.2) is 49.0 Å². The lowest BCUT2D eigenvalue weighted by Crippen LogP contribution is -2.31. The molecule has 2 aromatic carbocycles. The van der Waals surface area contributed by atoms with Crippen LogP contribution in [0.4, 0.5) is 15.8 Å². The van der Waals surface area contributed by atoms with Gasteiger partial charge in [-0.05, 0) is 74.6 Å². The molecule has 1 amide bonds. The molecule has 5 nitrogen and oxygen atoms in total. The van der Waals surface area contributed by atoms with Crippen molar-refractivity contribution in [3.8, 4) is 11.1 Å². The normalized spacial score (nSPS) is 16.1. The first-order valence-electron chi connectivity index (χ1n) is 10.0.